The first-order valence-corrected chi connectivity index (χ1v) is 6.20. The van der Waals surface area contributed by atoms with Crippen molar-refractivity contribution in [3.8, 4) is 0 Å². The van der Waals surface area contributed by atoms with Crippen LogP contribution in [0.5, 0.6) is 0 Å². The highest BCUT2D eigenvalue weighted by atomic mass is 16.4. The van der Waals surface area contributed by atoms with Gasteiger partial charge < -0.3 is 15.3 Å². The van der Waals surface area contributed by atoms with Crippen molar-refractivity contribution in [2.45, 2.75) is 0 Å². The minimum absolute atomic E-state index is 0.0470. The third-order valence-corrected chi connectivity index (χ3v) is 3.13. The first kappa shape index (κ1) is 12.9. The molecular formula is C15H11N3O3. The second-order valence-electron chi connectivity index (χ2n) is 4.40. The fourth-order valence-corrected chi connectivity index (χ4v) is 2.17. The Morgan fingerprint density at radius 1 is 1.05 bits per heavy atom. The molecule has 0 saturated heterocycles. The van der Waals surface area contributed by atoms with E-state index in [2.05, 4.69) is 15.1 Å². The van der Waals surface area contributed by atoms with E-state index in [0.29, 0.717) is 16.9 Å². The minimum Gasteiger partial charge on any atom is -0.478 e. The minimum atomic E-state index is -1.09. The third-order valence-electron chi connectivity index (χ3n) is 3.13. The molecule has 6 heteroatoms. The Balaban J connectivity index is 2.17. The van der Waals surface area contributed by atoms with Crippen molar-refractivity contribution in [1.29, 1.82) is 0 Å². The average molecular weight is 281 g/mol. The third kappa shape index (κ3) is 2.23. The molecule has 0 aliphatic heterocycles. The maximum Gasteiger partial charge on any atom is 0.336 e. The number of rotatable bonds is 3. The second kappa shape index (κ2) is 5.09. The van der Waals surface area contributed by atoms with E-state index < -0.39 is 5.97 Å². The van der Waals surface area contributed by atoms with Crippen LogP contribution in [0.25, 0.3) is 11.0 Å². The van der Waals surface area contributed by atoms with Crippen molar-refractivity contribution >= 4 is 22.7 Å². The van der Waals surface area contributed by atoms with E-state index in [0.717, 1.165) is 5.52 Å². The van der Waals surface area contributed by atoms with E-state index in [4.69, 9.17) is 0 Å². The number of nitrogens with zero attached hydrogens (tertiary/aromatic N) is 2. The number of hydrogen-bond acceptors (Lipinski definition) is 4. The molecule has 21 heavy (non-hydrogen) atoms. The highest BCUT2D eigenvalue weighted by Gasteiger charge is 2.19. The van der Waals surface area contributed by atoms with Gasteiger partial charge >= 0.3 is 5.97 Å². The molecule has 3 aromatic rings. The lowest BCUT2D eigenvalue weighted by Crippen LogP contribution is -2.12. The van der Waals surface area contributed by atoms with Crippen LogP contribution in [0.1, 0.15) is 21.7 Å². The zero-order valence-electron chi connectivity index (χ0n) is 10.8. The van der Waals surface area contributed by atoms with Crippen LogP contribution in [0.3, 0.4) is 0 Å². The highest BCUT2D eigenvalue weighted by Crippen LogP contribution is 2.17. The number of para-hydroxylation sites is 2. The maximum absolute atomic E-state index is 11.3. The van der Waals surface area contributed by atoms with Crippen LogP contribution in [-0.4, -0.2) is 32.0 Å². The Bertz CT molecular complexity index is 819. The van der Waals surface area contributed by atoms with Crippen molar-refractivity contribution in [1.82, 2.24) is 9.97 Å². The van der Waals surface area contributed by atoms with E-state index in [-0.39, 0.29) is 11.3 Å². The van der Waals surface area contributed by atoms with Gasteiger partial charge in [-0.15, -0.1) is 0 Å². The number of carboxylic acid groups (broad SMARTS) is 1. The van der Waals surface area contributed by atoms with Crippen LogP contribution in [0.15, 0.2) is 53.7 Å². The van der Waals surface area contributed by atoms with Gasteiger partial charge in [0.2, 0.25) is 0 Å². The van der Waals surface area contributed by atoms with Crippen LogP contribution in [0.2, 0.25) is 0 Å². The van der Waals surface area contributed by atoms with Crippen molar-refractivity contribution in [2.75, 3.05) is 0 Å². The fourth-order valence-electron chi connectivity index (χ4n) is 2.17. The van der Waals surface area contributed by atoms with Crippen molar-refractivity contribution in [3.05, 3.63) is 65.5 Å². The Kier molecular flexibility index (Phi) is 3.12. The summed E-state index contributed by atoms with van der Waals surface area (Å²) in [5, 5.41) is 21.8. The molecule has 0 aliphatic carbocycles. The number of aromatic nitrogens is 2. The summed E-state index contributed by atoms with van der Waals surface area (Å²) in [5.41, 5.74) is 1.92. The van der Waals surface area contributed by atoms with Gasteiger partial charge in [-0.05, 0) is 18.2 Å². The largest absolute Gasteiger partial charge is 0.478 e. The van der Waals surface area contributed by atoms with Gasteiger partial charge in [0.15, 0.2) is 11.5 Å². The van der Waals surface area contributed by atoms with Gasteiger partial charge in [-0.2, -0.15) is 0 Å². The smallest absolute Gasteiger partial charge is 0.336 e. The first-order valence-electron chi connectivity index (χ1n) is 6.20. The molecular weight excluding hydrogens is 270 g/mol. The Labute approximate surface area is 119 Å². The molecule has 104 valence electrons. The molecule has 2 aromatic carbocycles. The molecule has 0 saturated carbocycles. The number of benzene rings is 2. The number of H-pyrrole nitrogens is 1. The molecule has 0 unspecified atom stereocenters. The molecule has 0 bridgehead atoms. The SMILES string of the molecule is O=C(O)c1ccccc1/C(=N\O)c1nc2ccccc2[nH]1. The van der Waals surface area contributed by atoms with Gasteiger partial charge in [-0.25, -0.2) is 9.78 Å². The lowest BCUT2D eigenvalue weighted by Gasteiger charge is -2.05. The molecule has 0 fully saturated rings. The van der Waals surface area contributed by atoms with E-state index in [9.17, 15) is 15.1 Å². The number of aromatic amines is 1. The van der Waals surface area contributed by atoms with Crippen LogP contribution in [-0.2, 0) is 0 Å². The number of carbonyl (C=O) groups is 1. The monoisotopic (exact) mass is 281 g/mol. The zero-order valence-corrected chi connectivity index (χ0v) is 10.8. The van der Waals surface area contributed by atoms with Crippen LogP contribution >= 0.6 is 0 Å². The fraction of sp³-hybridized carbons (Fsp3) is 0. The lowest BCUT2D eigenvalue weighted by atomic mass is 10.0. The average Bonchev–Trinajstić information content (AvgIpc) is 2.92. The molecule has 0 atom stereocenters. The van der Waals surface area contributed by atoms with E-state index in [1.807, 2.05) is 24.3 Å². The van der Waals surface area contributed by atoms with Gasteiger partial charge in [-0.1, -0.05) is 35.5 Å². The Morgan fingerprint density at radius 2 is 1.71 bits per heavy atom. The van der Waals surface area contributed by atoms with Gasteiger partial charge in [0.25, 0.3) is 0 Å². The standard InChI is InChI=1S/C15H11N3O3/c19-15(20)10-6-2-1-5-9(10)13(18-21)14-16-11-7-3-4-8-12(11)17-14/h1-8,21H,(H,16,17)(H,19,20)/b18-13+. The first-order chi connectivity index (χ1) is 10.2. The van der Waals surface area contributed by atoms with Crippen LogP contribution in [0, 0.1) is 0 Å². The maximum atomic E-state index is 11.3. The summed E-state index contributed by atoms with van der Waals surface area (Å²) in [4.78, 5) is 18.6. The van der Waals surface area contributed by atoms with Gasteiger partial charge in [-0.3, -0.25) is 0 Å². The summed E-state index contributed by atoms with van der Waals surface area (Å²) < 4.78 is 0. The number of nitrogens with one attached hydrogen (secondary N) is 1. The van der Waals surface area contributed by atoms with E-state index in [1.54, 1.807) is 18.2 Å². The molecule has 6 nitrogen and oxygen atoms in total. The number of fused-ring (bicyclic) bond motifs is 1. The molecule has 1 heterocycles. The lowest BCUT2D eigenvalue weighted by molar-refractivity contribution is 0.0696. The number of imidazole rings is 1. The Hall–Kier alpha value is -3.15. The summed E-state index contributed by atoms with van der Waals surface area (Å²) >= 11 is 0. The van der Waals surface area contributed by atoms with Gasteiger partial charge in [0.1, 0.15) is 0 Å². The van der Waals surface area contributed by atoms with Crippen LogP contribution < -0.4 is 0 Å². The molecule has 3 rings (SSSR count). The van der Waals surface area contributed by atoms with E-state index in [1.165, 1.54) is 6.07 Å². The second-order valence-corrected chi connectivity index (χ2v) is 4.40. The van der Waals surface area contributed by atoms with E-state index >= 15 is 0 Å². The van der Waals surface area contributed by atoms with Crippen molar-refractivity contribution in [2.24, 2.45) is 5.16 Å². The molecule has 3 N–H and O–H groups in total. The molecule has 0 radical (unpaired) electrons. The van der Waals surface area contributed by atoms with Gasteiger partial charge in [0, 0.05) is 5.56 Å². The summed E-state index contributed by atoms with van der Waals surface area (Å²) in [6.45, 7) is 0. The normalized spacial score (nSPS) is 11.7. The Morgan fingerprint density at radius 3 is 2.38 bits per heavy atom. The topological polar surface area (TPSA) is 98.6 Å². The molecule has 0 amide bonds. The summed E-state index contributed by atoms with van der Waals surface area (Å²) in [7, 11) is 0. The number of aromatic carboxylic acids is 1. The number of oxime groups is 1. The van der Waals surface area contributed by atoms with Gasteiger partial charge in [0.05, 0.1) is 16.6 Å². The van der Waals surface area contributed by atoms with Crippen molar-refractivity contribution in [3.63, 3.8) is 0 Å². The molecule has 1 aromatic heterocycles. The molecule has 0 spiro atoms. The van der Waals surface area contributed by atoms with Crippen LogP contribution in [0.4, 0.5) is 0 Å². The quantitative estimate of drug-likeness (QED) is 0.390. The molecule has 0 aliphatic rings. The van der Waals surface area contributed by atoms with Crippen molar-refractivity contribution < 1.29 is 15.1 Å². The summed E-state index contributed by atoms with van der Waals surface area (Å²) in [6.07, 6.45) is 0. The summed E-state index contributed by atoms with van der Waals surface area (Å²) in [6, 6.07) is 13.7. The predicted molar refractivity (Wildman–Crippen MR) is 76.9 cm³/mol. The zero-order chi connectivity index (χ0) is 14.8. The number of carboxylic acids is 1. The predicted octanol–water partition coefficient (Wildman–Crippen LogP) is 2.49. The highest BCUT2D eigenvalue weighted by molar-refractivity contribution is 6.16. The number of hydrogen-bond donors (Lipinski definition) is 3. The summed E-state index contributed by atoms with van der Waals surface area (Å²) in [5.74, 6) is -0.782.